The molecule has 0 bridgehead atoms. The van der Waals surface area contributed by atoms with E-state index in [2.05, 4.69) is 0 Å². The van der Waals surface area contributed by atoms with E-state index >= 15 is 0 Å². The van der Waals surface area contributed by atoms with Crippen molar-refractivity contribution in [2.75, 3.05) is 11.9 Å². The maximum absolute atomic E-state index is 10.2. The maximum atomic E-state index is 10.2. The zero-order chi connectivity index (χ0) is 9.68. The summed E-state index contributed by atoms with van der Waals surface area (Å²) < 4.78 is 0. The molecular formula is C10H11NO2. The monoisotopic (exact) mass is 177 g/mol. The summed E-state index contributed by atoms with van der Waals surface area (Å²) in [6.07, 6.45) is 2.62. The van der Waals surface area contributed by atoms with Gasteiger partial charge >= 0.3 is 5.97 Å². The van der Waals surface area contributed by atoms with Crippen molar-refractivity contribution in [2.45, 2.75) is 0 Å². The van der Waals surface area contributed by atoms with Gasteiger partial charge in [-0.3, -0.25) is 0 Å². The number of hydrogen-bond acceptors (Lipinski definition) is 2. The van der Waals surface area contributed by atoms with Gasteiger partial charge in [0.05, 0.1) is 0 Å². The molecule has 3 nitrogen and oxygen atoms in total. The fourth-order valence-electron chi connectivity index (χ4n) is 0.925. The zero-order valence-corrected chi connectivity index (χ0v) is 7.34. The van der Waals surface area contributed by atoms with Gasteiger partial charge in [0.15, 0.2) is 0 Å². The number of nitrogens with zero attached hydrogens (tertiary/aromatic N) is 1. The minimum atomic E-state index is -0.942. The predicted molar refractivity (Wildman–Crippen MR) is 51.6 cm³/mol. The topological polar surface area (TPSA) is 40.5 Å². The van der Waals surface area contributed by atoms with E-state index in [1.807, 2.05) is 30.3 Å². The van der Waals surface area contributed by atoms with Crippen LogP contribution in [0.1, 0.15) is 0 Å². The molecule has 1 aromatic carbocycles. The number of rotatable bonds is 3. The van der Waals surface area contributed by atoms with Crippen molar-refractivity contribution >= 4 is 11.7 Å². The molecule has 3 heteroatoms. The second-order valence-electron chi connectivity index (χ2n) is 2.60. The van der Waals surface area contributed by atoms with E-state index in [1.54, 1.807) is 11.9 Å². The van der Waals surface area contributed by atoms with Gasteiger partial charge in [-0.1, -0.05) is 18.2 Å². The quantitative estimate of drug-likeness (QED) is 0.714. The first-order valence-corrected chi connectivity index (χ1v) is 3.89. The van der Waals surface area contributed by atoms with Crippen LogP contribution in [-0.4, -0.2) is 18.1 Å². The van der Waals surface area contributed by atoms with Gasteiger partial charge in [-0.05, 0) is 12.1 Å². The van der Waals surface area contributed by atoms with Crippen molar-refractivity contribution < 1.29 is 9.90 Å². The minimum absolute atomic E-state index is 0.942. The molecule has 0 saturated carbocycles. The van der Waals surface area contributed by atoms with E-state index in [0.717, 1.165) is 11.8 Å². The molecule has 0 aliphatic rings. The molecule has 0 aliphatic heterocycles. The van der Waals surface area contributed by atoms with Gasteiger partial charge in [0, 0.05) is 25.0 Å². The number of carboxylic acids is 1. The highest BCUT2D eigenvalue weighted by molar-refractivity contribution is 5.80. The number of anilines is 1. The van der Waals surface area contributed by atoms with Crippen LogP contribution in [0.5, 0.6) is 0 Å². The Bertz CT molecular complexity index is 306. The molecule has 0 aliphatic carbocycles. The molecule has 0 aromatic heterocycles. The lowest BCUT2D eigenvalue weighted by atomic mass is 10.3. The molecule has 0 fully saturated rings. The average Bonchev–Trinajstić information content (AvgIpc) is 2.15. The van der Waals surface area contributed by atoms with Gasteiger partial charge in [-0.25, -0.2) is 4.79 Å². The summed E-state index contributed by atoms with van der Waals surface area (Å²) >= 11 is 0. The van der Waals surface area contributed by atoms with Crippen LogP contribution in [0.3, 0.4) is 0 Å². The molecule has 0 saturated heterocycles. The lowest BCUT2D eigenvalue weighted by Crippen LogP contribution is -2.08. The largest absolute Gasteiger partial charge is 0.478 e. The average molecular weight is 177 g/mol. The second kappa shape index (κ2) is 4.30. The molecule has 0 unspecified atom stereocenters. The number of aliphatic carboxylic acids is 1. The van der Waals surface area contributed by atoms with Gasteiger partial charge < -0.3 is 10.0 Å². The molecule has 1 rings (SSSR count). The summed E-state index contributed by atoms with van der Waals surface area (Å²) in [4.78, 5) is 12.0. The summed E-state index contributed by atoms with van der Waals surface area (Å²) in [7, 11) is 1.80. The van der Waals surface area contributed by atoms with Crippen molar-refractivity contribution in [1.82, 2.24) is 0 Å². The number of carboxylic acid groups (broad SMARTS) is 1. The first kappa shape index (κ1) is 9.32. The van der Waals surface area contributed by atoms with Crippen molar-refractivity contribution in [3.05, 3.63) is 42.6 Å². The normalized spacial score (nSPS) is 10.2. The molecule has 0 amide bonds. The molecule has 68 valence electrons. The maximum Gasteiger partial charge on any atom is 0.329 e. The Morgan fingerprint density at radius 1 is 1.38 bits per heavy atom. The van der Waals surface area contributed by atoms with Crippen LogP contribution < -0.4 is 4.90 Å². The number of carbonyl (C=O) groups is 1. The molecule has 13 heavy (non-hydrogen) atoms. The summed E-state index contributed by atoms with van der Waals surface area (Å²) in [5, 5.41) is 8.40. The van der Waals surface area contributed by atoms with Crippen LogP contribution in [0.2, 0.25) is 0 Å². The lowest BCUT2D eigenvalue weighted by Gasteiger charge is -2.12. The lowest BCUT2D eigenvalue weighted by molar-refractivity contribution is -0.131. The van der Waals surface area contributed by atoms with Crippen molar-refractivity contribution in [2.24, 2.45) is 0 Å². The first-order chi connectivity index (χ1) is 6.20. The number of para-hydroxylation sites is 1. The standard InChI is InChI=1S/C10H11NO2/c1-11(8-7-10(12)13)9-5-3-2-4-6-9/h2-8H,1H3,(H,12,13). The van der Waals surface area contributed by atoms with Gasteiger partial charge in [-0.2, -0.15) is 0 Å². The van der Waals surface area contributed by atoms with E-state index in [-0.39, 0.29) is 0 Å². The molecular weight excluding hydrogens is 166 g/mol. The van der Waals surface area contributed by atoms with E-state index in [9.17, 15) is 4.79 Å². The molecule has 0 heterocycles. The zero-order valence-electron chi connectivity index (χ0n) is 7.34. The fraction of sp³-hybridized carbons (Fsp3) is 0.100. The molecule has 1 N–H and O–H groups in total. The van der Waals surface area contributed by atoms with E-state index in [0.29, 0.717) is 0 Å². The van der Waals surface area contributed by atoms with Gasteiger partial charge in [-0.15, -0.1) is 0 Å². The highest BCUT2D eigenvalue weighted by atomic mass is 16.4. The molecule has 1 aromatic rings. The molecule has 0 atom stereocenters. The van der Waals surface area contributed by atoms with Crippen molar-refractivity contribution in [3.8, 4) is 0 Å². The summed E-state index contributed by atoms with van der Waals surface area (Å²) in [5.74, 6) is -0.942. The number of hydrogen-bond donors (Lipinski definition) is 1. The predicted octanol–water partition coefficient (Wildman–Crippen LogP) is 1.72. The SMILES string of the molecule is CN(C=CC(=O)O)c1ccccc1. The van der Waals surface area contributed by atoms with Crippen LogP contribution in [-0.2, 0) is 4.79 Å². The smallest absolute Gasteiger partial charge is 0.329 e. The Labute approximate surface area is 76.9 Å². The van der Waals surface area contributed by atoms with Gasteiger partial charge in [0.1, 0.15) is 0 Å². The number of benzene rings is 1. The van der Waals surface area contributed by atoms with Gasteiger partial charge in [0.2, 0.25) is 0 Å². The summed E-state index contributed by atoms with van der Waals surface area (Å²) in [5.41, 5.74) is 0.958. The van der Waals surface area contributed by atoms with Crippen LogP contribution in [0, 0.1) is 0 Å². The van der Waals surface area contributed by atoms with E-state index in [1.165, 1.54) is 6.20 Å². The van der Waals surface area contributed by atoms with E-state index in [4.69, 9.17) is 5.11 Å². The molecule has 0 spiro atoms. The van der Waals surface area contributed by atoms with Crippen LogP contribution in [0.4, 0.5) is 5.69 Å². The highest BCUT2D eigenvalue weighted by Crippen LogP contribution is 2.10. The third-order valence-corrected chi connectivity index (χ3v) is 1.60. The Hall–Kier alpha value is -1.77. The second-order valence-corrected chi connectivity index (χ2v) is 2.60. The Morgan fingerprint density at radius 2 is 2.00 bits per heavy atom. The first-order valence-electron chi connectivity index (χ1n) is 3.89. The molecule has 0 radical (unpaired) electrons. The van der Waals surface area contributed by atoms with Crippen molar-refractivity contribution in [3.63, 3.8) is 0 Å². The highest BCUT2D eigenvalue weighted by Gasteiger charge is 1.94. The fourth-order valence-corrected chi connectivity index (χ4v) is 0.925. The van der Waals surface area contributed by atoms with Gasteiger partial charge in [0.25, 0.3) is 0 Å². The van der Waals surface area contributed by atoms with Crippen molar-refractivity contribution in [1.29, 1.82) is 0 Å². The summed E-state index contributed by atoms with van der Waals surface area (Å²) in [6, 6.07) is 9.54. The Balaban J connectivity index is 2.69. The Kier molecular flexibility index (Phi) is 3.09. The van der Waals surface area contributed by atoms with Crippen LogP contribution in [0.15, 0.2) is 42.6 Å². The minimum Gasteiger partial charge on any atom is -0.478 e. The Morgan fingerprint density at radius 3 is 2.54 bits per heavy atom. The third kappa shape index (κ3) is 2.99. The van der Waals surface area contributed by atoms with E-state index < -0.39 is 5.97 Å². The summed E-state index contributed by atoms with van der Waals surface area (Å²) in [6.45, 7) is 0. The van der Waals surface area contributed by atoms with Crippen LogP contribution >= 0.6 is 0 Å². The third-order valence-electron chi connectivity index (χ3n) is 1.60. The van der Waals surface area contributed by atoms with Crippen LogP contribution in [0.25, 0.3) is 0 Å².